The smallest absolute Gasteiger partial charge is 0.209 e. The molecule has 0 unspecified atom stereocenters. The van der Waals surface area contributed by atoms with E-state index in [0.29, 0.717) is 12.1 Å². The number of aryl methyl sites for hydroxylation is 1. The monoisotopic (exact) mass is 241 g/mol. The molecule has 0 saturated heterocycles. The number of rotatable bonds is 3. The van der Waals surface area contributed by atoms with Gasteiger partial charge in [-0.2, -0.15) is 4.39 Å². The molecule has 0 N–H and O–H groups in total. The topological polar surface area (TPSA) is 31.4 Å². The van der Waals surface area contributed by atoms with Gasteiger partial charge in [-0.3, -0.25) is 0 Å². The van der Waals surface area contributed by atoms with E-state index >= 15 is 0 Å². The molecule has 0 saturated carbocycles. The number of halogens is 1. The zero-order valence-corrected chi connectivity index (χ0v) is 10.2. The third kappa shape index (κ3) is 1.71. The summed E-state index contributed by atoms with van der Waals surface area (Å²) in [6.45, 7) is 4.09. The molecule has 0 radical (unpaired) electrons. The van der Waals surface area contributed by atoms with Crippen molar-refractivity contribution in [3.63, 3.8) is 0 Å². The normalized spacial score (nSPS) is 10.8. The van der Waals surface area contributed by atoms with Crippen LogP contribution in [-0.2, 0) is 0 Å². The van der Waals surface area contributed by atoms with E-state index < -0.39 is 5.82 Å². The van der Waals surface area contributed by atoms with E-state index in [1.165, 1.54) is 18.4 Å². The summed E-state index contributed by atoms with van der Waals surface area (Å²) in [5.74, 6) is -0.108. The van der Waals surface area contributed by atoms with Crippen molar-refractivity contribution in [1.29, 1.82) is 0 Å². The van der Waals surface area contributed by atoms with Crippen molar-refractivity contribution in [2.24, 2.45) is 0 Å². The van der Waals surface area contributed by atoms with Gasteiger partial charge in [0.2, 0.25) is 5.82 Å². The molecule has 3 nitrogen and oxygen atoms in total. The van der Waals surface area contributed by atoms with Gasteiger partial charge in [-0.05, 0) is 13.8 Å². The fourth-order valence-corrected chi connectivity index (χ4v) is 2.38. The predicted molar refractivity (Wildman–Crippen MR) is 62.0 cm³/mol. The lowest BCUT2D eigenvalue weighted by Crippen LogP contribution is -1.98. The Hall–Kier alpha value is -1.36. The lowest BCUT2D eigenvalue weighted by molar-refractivity contribution is 0.313. The number of methoxy groups -OCH3 is 1. The van der Waals surface area contributed by atoms with Crippen molar-refractivity contribution in [3.8, 4) is 11.5 Å². The van der Waals surface area contributed by atoms with Gasteiger partial charge >= 0.3 is 0 Å². The maximum atomic E-state index is 13.9. The molecule has 0 bridgehead atoms. The van der Waals surface area contributed by atoms with Gasteiger partial charge in [0.1, 0.15) is 5.52 Å². The lowest BCUT2D eigenvalue weighted by Gasteiger charge is -2.08. The van der Waals surface area contributed by atoms with E-state index in [-0.39, 0.29) is 11.5 Å². The Bertz CT molecular complexity index is 524. The number of benzene rings is 1. The summed E-state index contributed by atoms with van der Waals surface area (Å²) in [7, 11) is 1.44. The molecule has 5 heteroatoms. The minimum Gasteiger partial charge on any atom is -0.493 e. The largest absolute Gasteiger partial charge is 0.493 e. The van der Waals surface area contributed by atoms with Crippen LogP contribution >= 0.6 is 11.3 Å². The first-order chi connectivity index (χ1) is 7.67. The minimum absolute atomic E-state index is 0.182. The first kappa shape index (κ1) is 11.1. The zero-order valence-electron chi connectivity index (χ0n) is 9.33. The van der Waals surface area contributed by atoms with Crippen LogP contribution in [0.4, 0.5) is 4.39 Å². The molecule has 2 aromatic rings. The second kappa shape index (κ2) is 4.25. The Kier molecular flexibility index (Phi) is 2.96. The fourth-order valence-electron chi connectivity index (χ4n) is 1.53. The van der Waals surface area contributed by atoms with Crippen LogP contribution in [0.3, 0.4) is 0 Å². The highest BCUT2D eigenvalue weighted by Gasteiger charge is 2.18. The number of nitrogens with zero attached hydrogens (tertiary/aromatic N) is 1. The third-order valence-electron chi connectivity index (χ3n) is 2.16. The maximum absolute atomic E-state index is 13.9. The number of fused-ring (bicyclic) bond motifs is 1. The Balaban J connectivity index is 2.73. The van der Waals surface area contributed by atoms with Crippen LogP contribution in [0.15, 0.2) is 6.07 Å². The fraction of sp³-hybridized carbons (Fsp3) is 0.364. The van der Waals surface area contributed by atoms with Crippen molar-refractivity contribution >= 4 is 21.6 Å². The van der Waals surface area contributed by atoms with E-state index in [4.69, 9.17) is 9.47 Å². The molecule has 0 aliphatic carbocycles. The predicted octanol–water partition coefficient (Wildman–Crippen LogP) is 3.15. The molecule has 0 amide bonds. The standard InChI is InChI=1S/C11H12FNO2S/c1-4-15-11-9(12)7(14-3)5-8-10(11)13-6(2)16-8/h5H,4H2,1-3H3. The van der Waals surface area contributed by atoms with E-state index in [1.54, 1.807) is 6.07 Å². The van der Waals surface area contributed by atoms with Gasteiger partial charge in [0.15, 0.2) is 11.5 Å². The molecule has 16 heavy (non-hydrogen) atoms. The van der Waals surface area contributed by atoms with Crippen LogP contribution < -0.4 is 9.47 Å². The van der Waals surface area contributed by atoms with E-state index in [9.17, 15) is 4.39 Å². The summed E-state index contributed by atoms with van der Waals surface area (Å²) in [4.78, 5) is 4.27. The van der Waals surface area contributed by atoms with Crippen molar-refractivity contribution in [2.75, 3.05) is 13.7 Å². The molecule has 1 aromatic carbocycles. The minimum atomic E-state index is -0.484. The molecule has 86 valence electrons. The van der Waals surface area contributed by atoms with Crippen molar-refractivity contribution in [1.82, 2.24) is 4.98 Å². The maximum Gasteiger partial charge on any atom is 0.209 e. The van der Waals surface area contributed by atoms with Crippen molar-refractivity contribution in [2.45, 2.75) is 13.8 Å². The zero-order chi connectivity index (χ0) is 11.7. The van der Waals surface area contributed by atoms with Gasteiger partial charge in [0.25, 0.3) is 0 Å². The molecule has 0 atom stereocenters. The van der Waals surface area contributed by atoms with E-state index in [2.05, 4.69) is 4.98 Å². The second-order valence-corrected chi connectivity index (χ2v) is 4.47. The summed E-state index contributed by atoms with van der Waals surface area (Å²) >= 11 is 1.49. The summed E-state index contributed by atoms with van der Waals surface area (Å²) in [5.41, 5.74) is 0.572. The van der Waals surface area contributed by atoms with Gasteiger partial charge in [-0.25, -0.2) is 4.98 Å². The number of aromatic nitrogens is 1. The third-order valence-corrected chi connectivity index (χ3v) is 3.08. The van der Waals surface area contributed by atoms with Crippen molar-refractivity contribution < 1.29 is 13.9 Å². The van der Waals surface area contributed by atoms with E-state index in [0.717, 1.165) is 9.71 Å². The number of thiazole rings is 1. The van der Waals surface area contributed by atoms with Crippen molar-refractivity contribution in [3.05, 3.63) is 16.9 Å². The second-order valence-electron chi connectivity index (χ2n) is 3.23. The first-order valence-corrected chi connectivity index (χ1v) is 5.75. The molecular weight excluding hydrogens is 229 g/mol. The molecule has 0 aliphatic heterocycles. The van der Waals surface area contributed by atoms with Crippen LogP contribution in [0.2, 0.25) is 0 Å². The highest BCUT2D eigenvalue weighted by Crippen LogP contribution is 2.37. The van der Waals surface area contributed by atoms with Crippen LogP contribution in [-0.4, -0.2) is 18.7 Å². The lowest BCUT2D eigenvalue weighted by atomic mass is 10.3. The van der Waals surface area contributed by atoms with Gasteiger partial charge in [0, 0.05) is 6.07 Å². The van der Waals surface area contributed by atoms with Crippen LogP contribution in [0.1, 0.15) is 11.9 Å². The quantitative estimate of drug-likeness (QED) is 0.827. The highest BCUT2D eigenvalue weighted by atomic mass is 32.1. The summed E-state index contributed by atoms with van der Waals surface area (Å²) in [6.07, 6.45) is 0. The average molecular weight is 241 g/mol. The molecule has 1 heterocycles. The van der Waals surface area contributed by atoms with Gasteiger partial charge < -0.3 is 9.47 Å². The Morgan fingerprint density at radius 3 is 2.88 bits per heavy atom. The number of ether oxygens (including phenoxy) is 2. The van der Waals surface area contributed by atoms with E-state index in [1.807, 2.05) is 13.8 Å². The molecule has 0 spiro atoms. The number of hydrogen-bond donors (Lipinski definition) is 0. The summed E-state index contributed by atoms with van der Waals surface area (Å²) in [6, 6.07) is 1.65. The Labute approximate surface area is 96.8 Å². The highest BCUT2D eigenvalue weighted by molar-refractivity contribution is 7.18. The average Bonchev–Trinajstić information content (AvgIpc) is 2.62. The van der Waals surface area contributed by atoms with Gasteiger partial charge in [-0.15, -0.1) is 11.3 Å². The molecule has 0 aliphatic rings. The van der Waals surface area contributed by atoms with Crippen LogP contribution in [0.25, 0.3) is 10.2 Å². The first-order valence-electron chi connectivity index (χ1n) is 4.93. The SMILES string of the molecule is CCOc1c(F)c(OC)cc2sc(C)nc12. The van der Waals surface area contributed by atoms with Crippen LogP contribution in [0, 0.1) is 12.7 Å². The number of hydrogen-bond acceptors (Lipinski definition) is 4. The van der Waals surface area contributed by atoms with Gasteiger partial charge in [-0.1, -0.05) is 0 Å². The van der Waals surface area contributed by atoms with Crippen LogP contribution in [0.5, 0.6) is 11.5 Å². The molecular formula is C11H12FNO2S. The molecule has 0 fully saturated rings. The molecule has 2 rings (SSSR count). The summed E-state index contributed by atoms with van der Waals surface area (Å²) < 4.78 is 25.1. The van der Waals surface area contributed by atoms with Gasteiger partial charge in [0.05, 0.1) is 23.4 Å². The Morgan fingerprint density at radius 2 is 2.25 bits per heavy atom. The summed E-state index contributed by atoms with van der Waals surface area (Å²) in [5, 5.41) is 0.878. The Morgan fingerprint density at radius 1 is 1.50 bits per heavy atom. The molecule has 1 aromatic heterocycles.